The second-order valence-corrected chi connectivity index (χ2v) is 6.26. The van der Waals surface area contributed by atoms with Crippen LogP contribution in [0, 0.1) is 13.8 Å². The van der Waals surface area contributed by atoms with Crippen molar-refractivity contribution in [3.63, 3.8) is 0 Å². The van der Waals surface area contributed by atoms with Gasteiger partial charge in [0.15, 0.2) is 0 Å². The van der Waals surface area contributed by atoms with Gasteiger partial charge in [-0.15, -0.1) is 0 Å². The first-order valence-electron chi connectivity index (χ1n) is 8.11. The Balaban J connectivity index is 1.90. The predicted octanol–water partition coefficient (Wildman–Crippen LogP) is 4.91. The quantitative estimate of drug-likeness (QED) is 0.626. The summed E-state index contributed by atoms with van der Waals surface area (Å²) in [7, 11) is 4.10. The molecule has 1 heterocycles. The van der Waals surface area contributed by atoms with Crippen molar-refractivity contribution < 1.29 is 0 Å². The van der Waals surface area contributed by atoms with E-state index in [1.807, 2.05) is 26.4 Å². The highest BCUT2D eigenvalue weighted by Crippen LogP contribution is 2.21. The average Bonchev–Trinajstić information content (AvgIpc) is 3.04. The standard InChI is InChI=1S/C21H23N3/c1-16-7-8-17(2)21(14-16)22-15-20-6-5-13-24(20)19-11-9-18(10-12-19)23(3)4/h5-15H,1-4H3. The number of rotatable bonds is 4. The van der Waals surface area contributed by atoms with Crippen LogP contribution in [-0.4, -0.2) is 24.9 Å². The SMILES string of the molecule is Cc1ccc(C)c(N=Cc2cccn2-c2ccc(N(C)C)cc2)c1. The van der Waals surface area contributed by atoms with Gasteiger partial charge < -0.3 is 9.47 Å². The van der Waals surface area contributed by atoms with Gasteiger partial charge in [-0.3, -0.25) is 4.99 Å². The summed E-state index contributed by atoms with van der Waals surface area (Å²) in [5, 5.41) is 0. The van der Waals surface area contributed by atoms with Gasteiger partial charge in [0.05, 0.1) is 17.6 Å². The largest absolute Gasteiger partial charge is 0.378 e. The third kappa shape index (κ3) is 3.40. The molecule has 0 spiro atoms. The third-order valence-corrected chi connectivity index (χ3v) is 4.13. The molecule has 3 heteroatoms. The molecule has 122 valence electrons. The zero-order valence-corrected chi connectivity index (χ0v) is 14.7. The van der Waals surface area contributed by atoms with Crippen molar-refractivity contribution in [2.24, 2.45) is 4.99 Å². The van der Waals surface area contributed by atoms with Crippen LogP contribution in [0.4, 0.5) is 11.4 Å². The van der Waals surface area contributed by atoms with Crippen LogP contribution < -0.4 is 4.90 Å². The van der Waals surface area contributed by atoms with E-state index in [9.17, 15) is 0 Å². The van der Waals surface area contributed by atoms with Gasteiger partial charge >= 0.3 is 0 Å². The summed E-state index contributed by atoms with van der Waals surface area (Å²) >= 11 is 0. The maximum Gasteiger partial charge on any atom is 0.0662 e. The molecule has 0 amide bonds. The van der Waals surface area contributed by atoms with Gasteiger partial charge in [0.25, 0.3) is 0 Å². The molecule has 2 aromatic carbocycles. The van der Waals surface area contributed by atoms with E-state index in [1.54, 1.807) is 0 Å². The minimum Gasteiger partial charge on any atom is -0.378 e. The van der Waals surface area contributed by atoms with E-state index in [4.69, 9.17) is 0 Å². The summed E-state index contributed by atoms with van der Waals surface area (Å²) in [5.74, 6) is 0. The van der Waals surface area contributed by atoms with Crippen LogP contribution in [0.2, 0.25) is 0 Å². The van der Waals surface area contributed by atoms with E-state index < -0.39 is 0 Å². The number of hydrogen-bond donors (Lipinski definition) is 0. The summed E-state index contributed by atoms with van der Waals surface area (Å²) in [6.07, 6.45) is 4.00. The molecule has 3 rings (SSSR count). The van der Waals surface area contributed by atoms with Crippen LogP contribution in [-0.2, 0) is 0 Å². The molecule has 24 heavy (non-hydrogen) atoms. The molecule has 0 N–H and O–H groups in total. The highest BCUT2D eigenvalue weighted by atomic mass is 15.1. The number of aliphatic imine (C=N–C) groups is 1. The lowest BCUT2D eigenvalue weighted by Crippen LogP contribution is -2.08. The maximum absolute atomic E-state index is 4.69. The van der Waals surface area contributed by atoms with Crippen molar-refractivity contribution in [1.29, 1.82) is 0 Å². The second kappa shape index (κ2) is 6.75. The third-order valence-electron chi connectivity index (χ3n) is 4.13. The summed E-state index contributed by atoms with van der Waals surface area (Å²) in [5.41, 5.74) is 6.82. The summed E-state index contributed by atoms with van der Waals surface area (Å²) < 4.78 is 2.15. The molecule has 3 nitrogen and oxygen atoms in total. The molecule has 0 radical (unpaired) electrons. The lowest BCUT2D eigenvalue weighted by atomic mass is 10.1. The molecule has 0 aliphatic rings. The Hall–Kier alpha value is -2.81. The van der Waals surface area contributed by atoms with Gasteiger partial charge in [0.1, 0.15) is 0 Å². The van der Waals surface area contributed by atoms with Crippen LogP contribution in [0.5, 0.6) is 0 Å². The first-order valence-corrected chi connectivity index (χ1v) is 8.11. The highest BCUT2D eigenvalue weighted by Gasteiger charge is 2.03. The van der Waals surface area contributed by atoms with Gasteiger partial charge in [0.2, 0.25) is 0 Å². The minimum absolute atomic E-state index is 1.02. The fourth-order valence-corrected chi connectivity index (χ4v) is 2.64. The zero-order valence-electron chi connectivity index (χ0n) is 14.7. The molecule has 3 aromatic rings. The van der Waals surface area contributed by atoms with Crippen LogP contribution >= 0.6 is 0 Å². The number of anilines is 1. The van der Waals surface area contributed by atoms with Gasteiger partial charge in [-0.05, 0) is 67.4 Å². The molecular formula is C21H23N3. The fraction of sp³-hybridized carbons (Fsp3) is 0.190. The highest BCUT2D eigenvalue weighted by molar-refractivity contribution is 5.81. The number of benzene rings is 2. The van der Waals surface area contributed by atoms with Crippen molar-refractivity contribution in [3.8, 4) is 5.69 Å². The normalized spacial score (nSPS) is 11.2. The molecule has 0 fully saturated rings. The summed E-state index contributed by atoms with van der Waals surface area (Å²) in [6.45, 7) is 4.18. The lowest BCUT2D eigenvalue weighted by Gasteiger charge is -2.13. The van der Waals surface area contributed by atoms with E-state index in [2.05, 4.69) is 83.0 Å². The van der Waals surface area contributed by atoms with Gasteiger partial charge in [0, 0.05) is 31.7 Å². The van der Waals surface area contributed by atoms with Crippen LogP contribution in [0.25, 0.3) is 5.69 Å². The summed E-state index contributed by atoms with van der Waals surface area (Å²) in [6, 6.07) is 19.0. The van der Waals surface area contributed by atoms with Crippen molar-refractivity contribution in [2.75, 3.05) is 19.0 Å². The topological polar surface area (TPSA) is 20.5 Å². The Kier molecular flexibility index (Phi) is 4.52. The monoisotopic (exact) mass is 317 g/mol. The number of hydrogen-bond acceptors (Lipinski definition) is 2. The van der Waals surface area contributed by atoms with E-state index in [0.29, 0.717) is 0 Å². The van der Waals surface area contributed by atoms with Crippen LogP contribution in [0.3, 0.4) is 0 Å². The Morgan fingerprint density at radius 2 is 1.71 bits per heavy atom. The molecule has 0 bridgehead atoms. The predicted molar refractivity (Wildman–Crippen MR) is 103 cm³/mol. The Bertz CT molecular complexity index is 855. The molecule has 0 atom stereocenters. The van der Waals surface area contributed by atoms with Crippen LogP contribution in [0.15, 0.2) is 65.8 Å². The van der Waals surface area contributed by atoms with Crippen LogP contribution in [0.1, 0.15) is 16.8 Å². The Labute approximate surface area is 143 Å². The van der Waals surface area contributed by atoms with Crippen molar-refractivity contribution in [1.82, 2.24) is 4.57 Å². The molecule has 1 aromatic heterocycles. The second-order valence-electron chi connectivity index (χ2n) is 6.26. The smallest absolute Gasteiger partial charge is 0.0662 e. The van der Waals surface area contributed by atoms with E-state index >= 15 is 0 Å². The number of aryl methyl sites for hydroxylation is 2. The molecule has 0 aliphatic carbocycles. The first-order chi connectivity index (χ1) is 11.5. The minimum atomic E-state index is 1.02. The summed E-state index contributed by atoms with van der Waals surface area (Å²) in [4.78, 5) is 6.79. The Morgan fingerprint density at radius 3 is 2.42 bits per heavy atom. The van der Waals surface area contributed by atoms with Crippen molar-refractivity contribution in [2.45, 2.75) is 13.8 Å². The average molecular weight is 317 g/mol. The van der Waals surface area contributed by atoms with Crippen molar-refractivity contribution >= 4 is 17.6 Å². The van der Waals surface area contributed by atoms with Gasteiger partial charge in [-0.25, -0.2) is 0 Å². The lowest BCUT2D eigenvalue weighted by molar-refractivity contribution is 1.06. The number of aromatic nitrogens is 1. The molecule has 0 unspecified atom stereocenters. The number of nitrogens with zero attached hydrogens (tertiary/aromatic N) is 3. The Morgan fingerprint density at radius 1 is 0.958 bits per heavy atom. The van der Waals surface area contributed by atoms with Gasteiger partial charge in [-0.1, -0.05) is 12.1 Å². The molecular weight excluding hydrogens is 294 g/mol. The van der Waals surface area contributed by atoms with E-state index in [0.717, 1.165) is 17.1 Å². The molecule has 0 saturated carbocycles. The molecule has 0 aliphatic heterocycles. The van der Waals surface area contributed by atoms with Crippen molar-refractivity contribution in [3.05, 3.63) is 77.6 Å². The van der Waals surface area contributed by atoms with Gasteiger partial charge in [-0.2, -0.15) is 0 Å². The fourth-order valence-electron chi connectivity index (χ4n) is 2.64. The van der Waals surface area contributed by atoms with E-state index in [-0.39, 0.29) is 0 Å². The first kappa shape index (κ1) is 16.1. The molecule has 0 saturated heterocycles. The zero-order chi connectivity index (χ0) is 17.1. The van der Waals surface area contributed by atoms with E-state index in [1.165, 1.54) is 16.8 Å². The maximum atomic E-state index is 4.69.